The Bertz CT molecular complexity index is 929. The van der Waals surface area contributed by atoms with E-state index < -0.39 is 53.6 Å². The first-order chi connectivity index (χ1) is 13.7. The van der Waals surface area contributed by atoms with Gasteiger partial charge in [-0.05, 0) is 6.07 Å². The number of ether oxygens (including phenoxy) is 1. The molecule has 3 atom stereocenters. The number of halogens is 3. The first-order valence-electron chi connectivity index (χ1n) is 8.74. The molecular formula is C20H16F3NO5. The van der Waals surface area contributed by atoms with Crippen LogP contribution in [0.1, 0.15) is 34.7 Å². The van der Waals surface area contributed by atoms with Crippen LogP contribution in [-0.2, 0) is 4.79 Å². The molecule has 2 aromatic carbocycles. The molecule has 0 N–H and O–H groups in total. The molecule has 0 bridgehead atoms. The number of carbonyl (C=O) groups excluding carboxylic acids is 2. The third-order valence-corrected chi connectivity index (χ3v) is 4.76. The number of carbonyl (C=O) groups is 2. The van der Waals surface area contributed by atoms with E-state index in [1.165, 1.54) is 36.4 Å². The fourth-order valence-corrected chi connectivity index (χ4v) is 3.47. The van der Waals surface area contributed by atoms with Crippen LogP contribution in [0.5, 0.6) is 5.75 Å². The van der Waals surface area contributed by atoms with Crippen LogP contribution in [0.4, 0.5) is 13.2 Å². The number of rotatable bonds is 6. The number of nitrogens with zero attached hydrogens (tertiary/aromatic N) is 1. The number of para-hydroxylation sites is 1. The summed E-state index contributed by atoms with van der Waals surface area (Å²) in [6.07, 6.45) is -8.80. The molecule has 1 aliphatic rings. The largest absolute Gasteiger partial charge is 0.473 e. The molecule has 0 fully saturated rings. The second-order valence-electron chi connectivity index (χ2n) is 6.71. The summed E-state index contributed by atoms with van der Waals surface area (Å²) in [5.74, 6) is -2.69. The molecule has 0 saturated heterocycles. The van der Waals surface area contributed by atoms with Gasteiger partial charge in [0, 0.05) is 22.5 Å². The molecule has 3 rings (SSSR count). The summed E-state index contributed by atoms with van der Waals surface area (Å²) >= 11 is 0. The second-order valence-corrected chi connectivity index (χ2v) is 6.71. The Morgan fingerprint density at radius 1 is 1.03 bits per heavy atom. The monoisotopic (exact) mass is 407 g/mol. The number of alkyl halides is 3. The predicted octanol–water partition coefficient (Wildman–Crippen LogP) is 3.97. The topological polar surface area (TPSA) is 86.5 Å². The minimum atomic E-state index is -4.99. The number of hydrogen-bond donors (Lipinski definition) is 0. The maximum absolute atomic E-state index is 13.4. The van der Waals surface area contributed by atoms with Crippen LogP contribution in [0.15, 0.2) is 54.6 Å². The van der Waals surface area contributed by atoms with Crippen molar-refractivity contribution in [3.63, 3.8) is 0 Å². The second kappa shape index (κ2) is 8.02. The van der Waals surface area contributed by atoms with E-state index in [0.717, 1.165) is 0 Å². The van der Waals surface area contributed by atoms with Crippen molar-refractivity contribution in [3.05, 3.63) is 75.8 Å². The third-order valence-electron chi connectivity index (χ3n) is 4.76. The van der Waals surface area contributed by atoms with Gasteiger partial charge in [0.15, 0.2) is 5.78 Å². The van der Waals surface area contributed by atoms with Crippen LogP contribution >= 0.6 is 0 Å². The van der Waals surface area contributed by atoms with Gasteiger partial charge in [-0.3, -0.25) is 19.7 Å². The molecule has 9 heteroatoms. The Morgan fingerprint density at radius 2 is 1.66 bits per heavy atom. The molecule has 1 heterocycles. The lowest BCUT2D eigenvalue weighted by Crippen LogP contribution is -2.53. The third kappa shape index (κ3) is 4.44. The summed E-state index contributed by atoms with van der Waals surface area (Å²) in [7, 11) is 0. The smallest absolute Gasteiger partial charge is 0.432 e. The van der Waals surface area contributed by atoms with Gasteiger partial charge in [0.2, 0.25) is 0 Å². The lowest BCUT2D eigenvalue weighted by atomic mass is 9.81. The standard InChI is InChI=1S/C20H16F3NO5/c21-20(22,23)19-18(24(27)28)15(14-8-4-5-9-17(14)29-19)10-13(25)11-16(26)12-6-2-1-3-7-12/h1-9,15,18-19H,10-11H2/t15-,18+,19-/m0/s1. The van der Waals surface area contributed by atoms with Crippen LogP contribution in [0.2, 0.25) is 0 Å². The van der Waals surface area contributed by atoms with E-state index in [2.05, 4.69) is 0 Å². The number of fused-ring (bicyclic) bond motifs is 1. The summed E-state index contributed by atoms with van der Waals surface area (Å²) < 4.78 is 45.1. The molecule has 2 aromatic rings. The van der Waals surface area contributed by atoms with E-state index in [4.69, 9.17) is 4.74 Å². The molecular weight excluding hydrogens is 391 g/mol. The van der Waals surface area contributed by atoms with E-state index in [1.54, 1.807) is 18.2 Å². The Hall–Kier alpha value is -3.23. The van der Waals surface area contributed by atoms with Crippen molar-refractivity contribution < 1.29 is 32.4 Å². The average Bonchev–Trinajstić information content (AvgIpc) is 2.67. The first-order valence-corrected chi connectivity index (χ1v) is 8.74. The molecule has 1 aliphatic heterocycles. The summed E-state index contributed by atoms with van der Waals surface area (Å²) in [5, 5.41) is 11.5. The van der Waals surface area contributed by atoms with E-state index in [0.29, 0.717) is 0 Å². The van der Waals surface area contributed by atoms with Crippen LogP contribution < -0.4 is 4.74 Å². The number of Topliss-reactive ketones (excluding diaryl/α,β-unsaturated/α-hetero) is 2. The van der Waals surface area contributed by atoms with Crippen molar-refractivity contribution in [3.8, 4) is 5.75 Å². The highest BCUT2D eigenvalue weighted by molar-refractivity contribution is 6.08. The molecule has 0 saturated carbocycles. The van der Waals surface area contributed by atoms with Gasteiger partial charge in [-0.15, -0.1) is 0 Å². The zero-order valence-electron chi connectivity index (χ0n) is 15.0. The highest BCUT2D eigenvalue weighted by Crippen LogP contribution is 2.44. The number of hydrogen-bond acceptors (Lipinski definition) is 5. The van der Waals surface area contributed by atoms with Crippen LogP contribution in [0.3, 0.4) is 0 Å². The number of nitro groups is 1. The van der Waals surface area contributed by atoms with Gasteiger partial charge in [0.1, 0.15) is 11.5 Å². The van der Waals surface area contributed by atoms with Crippen molar-refractivity contribution in [1.29, 1.82) is 0 Å². The van der Waals surface area contributed by atoms with E-state index in [9.17, 15) is 32.9 Å². The van der Waals surface area contributed by atoms with Crippen LogP contribution in [-0.4, -0.2) is 34.8 Å². The summed E-state index contributed by atoms with van der Waals surface area (Å²) in [6.45, 7) is 0. The zero-order valence-corrected chi connectivity index (χ0v) is 15.0. The van der Waals surface area contributed by atoms with Crippen molar-refractivity contribution in [2.45, 2.75) is 37.1 Å². The van der Waals surface area contributed by atoms with Gasteiger partial charge in [-0.1, -0.05) is 48.5 Å². The van der Waals surface area contributed by atoms with Crippen molar-refractivity contribution in [1.82, 2.24) is 0 Å². The predicted molar refractivity (Wildman–Crippen MR) is 95.4 cm³/mol. The number of ketones is 2. The molecule has 0 unspecified atom stereocenters. The lowest BCUT2D eigenvalue weighted by Gasteiger charge is -2.35. The molecule has 6 nitrogen and oxygen atoms in total. The highest BCUT2D eigenvalue weighted by Gasteiger charge is 2.59. The SMILES string of the molecule is O=C(CC(=O)c1ccccc1)C[C@H]1c2ccccc2O[C@H](C(F)(F)F)[C@@H]1[N+](=O)[O-]. The maximum atomic E-state index is 13.4. The van der Waals surface area contributed by atoms with Gasteiger partial charge in [0.25, 0.3) is 12.1 Å². The molecule has 0 aliphatic carbocycles. The normalized spacial score (nSPS) is 21.0. The summed E-state index contributed by atoms with van der Waals surface area (Å²) in [6, 6.07) is 11.4. The zero-order chi connectivity index (χ0) is 21.2. The lowest BCUT2D eigenvalue weighted by molar-refractivity contribution is -0.548. The van der Waals surface area contributed by atoms with Gasteiger partial charge >= 0.3 is 6.18 Å². The fraction of sp³-hybridized carbons (Fsp3) is 0.300. The van der Waals surface area contributed by atoms with Crippen LogP contribution in [0.25, 0.3) is 0 Å². The molecule has 0 aromatic heterocycles. The fourth-order valence-electron chi connectivity index (χ4n) is 3.47. The van der Waals surface area contributed by atoms with Crippen molar-refractivity contribution >= 4 is 11.6 Å². The van der Waals surface area contributed by atoms with Gasteiger partial charge < -0.3 is 4.74 Å². The molecule has 0 spiro atoms. The summed E-state index contributed by atoms with van der Waals surface area (Å²) in [4.78, 5) is 35.1. The van der Waals surface area contributed by atoms with Crippen molar-refractivity contribution in [2.75, 3.05) is 0 Å². The Labute approximate surface area is 163 Å². The maximum Gasteiger partial charge on any atom is 0.432 e. The molecule has 0 radical (unpaired) electrons. The average molecular weight is 407 g/mol. The molecule has 29 heavy (non-hydrogen) atoms. The minimum Gasteiger partial charge on any atom is -0.473 e. The van der Waals surface area contributed by atoms with Gasteiger partial charge in [-0.2, -0.15) is 13.2 Å². The molecule has 152 valence electrons. The minimum absolute atomic E-state index is 0.148. The molecule has 0 amide bonds. The quantitative estimate of drug-likeness (QED) is 0.313. The summed E-state index contributed by atoms with van der Waals surface area (Å²) in [5.41, 5.74) is 0.433. The Kier molecular flexibility index (Phi) is 5.67. The van der Waals surface area contributed by atoms with E-state index in [-0.39, 0.29) is 16.9 Å². The van der Waals surface area contributed by atoms with Crippen LogP contribution in [0, 0.1) is 10.1 Å². The Morgan fingerprint density at radius 3 is 2.28 bits per heavy atom. The van der Waals surface area contributed by atoms with Crippen molar-refractivity contribution in [2.24, 2.45) is 0 Å². The van der Waals surface area contributed by atoms with E-state index in [1.807, 2.05) is 0 Å². The van der Waals surface area contributed by atoms with Gasteiger partial charge in [-0.25, -0.2) is 0 Å². The van der Waals surface area contributed by atoms with Gasteiger partial charge in [0.05, 0.1) is 12.3 Å². The van der Waals surface area contributed by atoms with E-state index >= 15 is 0 Å². The Balaban J connectivity index is 1.89. The highest BCUT2D eigenvalue weighted by atomic mass is 19.4. The first kappa shape index (κ1) is 20.5. The number of benzene rings is 2.